The smallest absolute Gasteiger partial charge is 0.259 e. The Kier molecular flexibility index (Phi) is 4.28. The molecular formula is C17H13Cl2NO3. The number of carbonyl (C=O) groups is 2. The number of carbonyl (C=O) groups excluding carboxylic acids is 2. The lowest BCUT2D eigenvalue weighted by Crippen LogP contribution is -2.14. The van der Waals surface area contributed by atoms with E-state index in [1.54, 1.807) is 30.3 Å². The zero-order valence-electron chi connectivity index (χ0n) is 12.3. The van der Waals surface area contributed by atoms with Crippen LogP contribution in [-0.2, 0) is 6.42 Å². The lowest BCUT2D eigenvalue weighted by atomic mass is 10.1. The van der Waals surface area contributed by atoms with E-state index >= 15 is 0 Å². The normalized spacial score (nSPS) is 12.5. The molecule has 2 aromatic rings. The number of benzene rings is 2. The Bertz CT molecular complexity index is 818. The lowest BCUT2D eigenvalue weighted by Gasteiger charge is -2.11. The molecule has 0 saturated heterocycles. The van der Waals surface area contributed by atoms with Crippen molar-refractivity contribution in [3.63, 3.8) is 0 Å². The van der Waals surface area contributed by atoms with Gasteiger partial charge in [-0.2, -0.15) is 0 Å². The Labute approximate surface area is 143 Å². The van der Waals surface area contributed by atoms with Gasteiger partial charge in [-0.15, -0.1) is 0 Å². The molecule has 0 aliphatic carbocycles. The van der Waals surface area contributed by atoms with Crippen molar-refractivity contribution < 1.29 is 14.3 Å². The quantitative estimate of drug-likeness (QED) is 0.836. The van der Waals surface area contributed by atoms with Crippen LogP contribution in [0.5, 0.6) is 5.75 Å². The van der Waals surface area contributed by atoms with E-state index in [4.69, 9.17) is 27.9 Å². The number of ether oxygens (including phenoxy) is 1. The van der Waals surface area contributed by atoms with Gasteiger partial charge in [0.05, 0.1) is 22.9 Å². The lowest BCUT2D eigenvalue weighted by molar-refractivity contribution is 0.101. The summed E-state index contributed by atoms with van der Waals surface area (Å²) in [6.07, 6.45) is 0.719. The third kappa shape index (κ3) is 3.19. The van der Waals surface area contributed by atoms with Crippen LogP contribution in [0.1, 0.15) is 33.2 Å². The Morgan fingerprint density at radius 1 is 1.17 bits per heavy atom. The molecule has 1 N–H and O–H groups in total. The molecule has 1 heterocycles. The summed E-state index contributed by atoms with van der Waals surface area (Å²) < 4.78 is 5.53. The fourth-order valence-electron chi connectivity index (χ4n) is 2.47. The van der Waals surface area contributed by atoms with E-state index in [-0.39, 0.29) is 11.7 Å². The topological polar surface area (TPSA) is 55.4 Å². The Morgan fingerprint density at radius 2 is 1.96 bits per heavy atom. The van der Waals surface area contributed by atoms with Crippen molar-refractivity contribution in [2.75, 3.05) is 11.9 Å². The maximum atomic E-state index is 12.6. The zero-order valence-corrected chi connectivity index (χ0v) is 13.8. The van der Waals surface area contributed by atoms with Gasteiger partial charge in [0.25, 0.3) is 5.91 Å². The Morgan fingerprint density at radius 3 is 2.70 bits per heavy atom. The molecule has 0 bridgehead atoms. The number of Topliss-reactive ketones (excluding diaryl/α,β-unsaturated/α-hetero) is 1. The Hall–Kier alpha value is -2.04. The number of ketones is 1. The number of anilines is 1. The highest BCUT2D eigenvalue weighted by Gasteiger charge is 2.22. The number of halogens is 2. The van der Waals surface area contributed by atoms with Crippen molar-refractivity contribution >= 4 is 40.6 Å². The molecule has 1 aliphatic rings. The molecule has 3 rings (SSSR count). The predicted octanol–water partition coefficient (Wildman–Crippen LogP) is 4.38. The first-order valence-electron chi connectivity index (χ1n) is 7.03. The van der Waals surface area contributed by atoms with Gasteiger partial charge in [-0.05, 0) is 42.8 Å². The summed E-state index contributed by atoms with van der Waals surface area (Å²) in [5, 5.41) is 3.54. The molecule has 118 valence electrons. The number of nitrogens with one attached hydrogen (secondary N) is 1. The maximum absolute atomic E-state index is 12.6. The molecule has 0 aromatic heterocycles. The van der Waals surface area contributed by atoms with Gasteiger partial charge in [-0.25, -0.2) is 0 Å². The minimum atomic E-state index is -0.381. The second-order valence-corrected chi connectivity index (χ2v) is 6.09. The molecule has 2 aromatic carbocycles. The van der Waals surface area contributed by atoms with Gasteiger partial charge in [0, 0.05) is 17.0 Å². The van der Waals surface area contributed by atoms with E-state index in [1.807, 2.05) is 0 Å². The monoisotopic (exact) mass is 349 g/mol. The first-order chi connectivity index (χ1) is 11.0. The first kappa shape index (κ1) is 15.8. The molecule has 0 radical (unpaired) electrons. The maximum Gasteiger partial charge on any atom is 0.259 e. The van der Waals surface area contributed by atoms with Gasteiger partial charge < -0.3 is 10.1 Å². The number of hydrogen-bond acceptors (Lipinski definition) is 3. The van der Waals surface area contributed by atoms with Crippen molar-refractivity contribution in [1.29, 1.82) is 0 Å². The average Bonchev–Trinajstić information content (AvgIpc) is 2.96. The summed E-state index contributed by atoms with van der Waals surface area (Å²) in [4.78, 5) is 24.0. The summed E-state index contributed by atoms with van der Waals surface area (Å²) in [5.41, 5.74) is 2.11. The van der Waals surface area contributed by atoms with E-state index in [0.717, 1.165) is 12.0 Å². The van der Waals surface area contributed by atoms with Crippen molar-refractivity contribution in [1.82, 2.24) is 0 Å². The van der Waals surface area contributed by atoms with E-state index in [1.165, 1.54) is 6.92 Å². The fourth-order valence-corrected chi connectivity index (χ4v) is 2.87. The van der Waals surface area contributed by atoms with Crippen LogP contribution in [0.2, 0.25) is 10.0 Å². The van der Waals surface area contributed by atoms with Crippen molar-refractivity contribution in [2.45, 2.75) is 13.3 Å². The van der Waals surface area contributed by atoms with Crippen molar-refractivity contribution in [3.05, 3.63) is 57.1 Å². The number of hydrogen-bond donors (Lipinski definition) is 1. The highest BCUT2D eigenvalue weighted by molar-refractivity contribution is 6.34. The zero-order chi connectivity index (χ0) is 16.6. The van der Waals surface area contributed by atoms with Crippen LogP contribution in [-0.4, -0.2) is 18.3 Å². The van der Waals surface area contributed by atoms with Crippen molar-refractivity contribution in [3.8, 4) is 5.75 Å². The van der Waals surface area contributed by atoms with Crippen LogP contribution in [0, 0.1) is 0 Å². The van der Waals surface area contributed by atoms with Crippen LogP contribution in [0.3, 0.4) is 0 Å². The van der Waals surface area contributed by atoms with Crippen LogP contribution in [0.25, 0.3) is 0 Å². The SMILES string of the molecule is CC(=O)c1ccc(Cl)c(NC(=O)c2cc(Cl)cc3c2OCC3)c1. The molecule has 1 amide bonds. The average molecular weight is 350 g/mol. The summed E-state index contributed by atoms with van der Waals surface area (Å²) in [6.45, 7) is 1.98. The predicted molar refractivity (Wildman–Crippen MR) is 90.1 cm³/mol. The number of rotatable bonds is 3. The summed E-state index contributed by atoms with van der Waals surface area (Å²) in [5.74, 6) is 0.0585. The van der Waals surface area contributed by atoms with E-state index in [0.29, 0.717) is 39.2 Å². The molecule has 0 fully saturated rings. The molecule has 23 heavy (non-hydrogen) atoms. The molecule has 0 spiro atoms. The minimum absolute atomic E-state index is 0.107. The largest absolute Gasteiger partial charge is 0.492 e. The molecular weight excluding hydrogens is 337 g/mol. The summed E-state index contributed by atoms with van der Waals surface area (Å²) in [7, 11) is 0. The minimum Gasteiger partial charge on any atom is -0.492 e. The first-order valence-corrected chi connectivity index (χ1v) is 7.78. The van der Waals surface area contributed by atoms with Gasteiger partial charge >= 0.3 is 0 Å². The van der Waals surface area contributed by atoms with E-state index < -0.39 is 0 Å². The summed E-state index contributed by atoms with van der Waals surface area (Å²) >= 11 is 12.2. The molecule has 6 heteroatoms. The van der Waals surface area contributed by atoms with Crippen LogP contribution in [0.4, 0.5) is 5.69 Å². The van der Waals surface area contributed by atoms with Gasteiger partial charge in [0.1, 0.15) is 5.75 Å². The second kappa shape index (κ2) is 6.22. The van der Waals surface area contributed by atoms with Gasteiger partial charge in [0.2, 0.25) is 0 Å². The third-order valence-electron chi connectivity index (χ3n) is 3.61. The van der Waals surface area contributed by atoms with Crippen LogP contribution < -0.4 is 10.1 Å². The molecule has 0 saturated carbocycles. The standard InChI is InChI=1S/C17H13Cl2NO3/c1-9(21)10-2-3-14(19)15(7-10)20-17(22)13-8-12(18)6-11-4-5-23-16(11)13/h2-3,6-8H,4-5H2,1H3,(H,20,22). The molecule has 4 nitrogen and oxygen atoms in total. The third-order valence-corrected chi connectivity index (χ3v) is 4.16. The Balaban J connectivity index is 1.94. The van der Waals surface area contributed by atoms with E-state index in [2.05, 4.69) is 5.32 Å². The fraction of sp³-hybridized carbons (Fsp3) is 0.176. The number of fused-ring (bicyclic) bond motifs is 1. The molecule has 1 aliphatic heterocycles. The molecule has 0 atom stereocenters. The van der Waals surface area contributed by atoms with Crippen LogP contribution in [0.15, 0.2) is 30.3 Å². The van der Waals surface area contributed by atoms with E-state index in [9.17, 15) is 9.59 Å². The second-order valence-electron chi connectivity index (χ2n) is 5.24. The summed E-state index contributed by atoms with van der Waals surface area (Å²) in [6, 6.07) is 8.09. The van der Waals surface area contributed by atoms with Gasteiger partial charge in [-0.1, -0.05) is 23.2 Å². The highest BCUT2D eigenvalue weighted by atomic mass is 35.5. The van der Waals surface area contributed by atoms with Gasteiger partial charge in [-0.3, -0.25) is 9.59 Å². The number of amides is 1. The van der Waals surface area contributed by atoms with Crippen LogP contribution >= 0.6 is 23.2 Å². The van der Waals surface area contributed by atoms with Crippen molar-refractivity contribution in [2.24, 2.45) is 0 Å². The highest BCUT2D eigenvalue weighted by Crippen LogP contribution is 2.34. The molecule has 0 unspecified atom stereocenters. The van der Waals surface area contributed by atoms with Gasteiger partial charge in [0.15, 0.2) is 5.78 Å².